The molecule has 0 amide bonds. The summed E-state index contributed by atoms with van der Waals surface area (Å²) in [6.07, 6.45) is 16.4. The largest absolute Gasteiger partial charge is 0.0705 e. The summed E-state index contributed by atoms with van der Waals surface area (Å²) < 4.78 is 0. The first-order chi connectivity index (χ1) is 8.33. The standard InChI is InChI=1S/C17H28/c1-13-6-8-14(9-7-13)12-16-4-2-3-5-17(16)15-10-11-15/h13-15H,2-12H2,1H3. The van der Waals surface area contributed by atoms with E-state index < -0.39 is 0 Å². The average molecular weight is 232 g/mol. The number of allylic oxidation sites excluding steroid dienone is 2. The van der Waals surface area contributed by atoms with Crippen molar-refractivity contribution in [3.8, 4) is 0 Å². The molecule has 0 atom stereocenters. The second kappa shape index (κ2) is 5.16. The van der Waals surface area contributed by atoms with Gasteiger partial charge in [0.25, 0.3) is 0 Å². The predicted octanol–water partition coefficient (Wildman–Crippen LogP) is 5.48. The zero-order valence-electron chi connectivity index (χ0n) is 11.5. The molecular formula is C17H28. The second-order valence-corrected chi connectivity index (χ2v) is 6.94. The Morgan fingerprint density at radius 2 is 1.59 bits per heavy atom. The molecular weight excluding hydrogens is 204 g/mol. The van der Waals surface area contributed by atoms with Crippen LogP contribution >= 0.6 is 0 Å². The fourth-order valence-electron chi connectivity index (χ4n) is 4.03. The number of hydrogen-bond acceptors (Lipinski definition) is 0. The summed E-state index contributed by atoms with van der Waals surface area (Å²) in [4.78, 5) is 0. The van der Waals surface area contributed by atoms with E-state index in [2.05, 4.69) is 6.92 Å². The predicted molar refractivity (Wildman–Crippen MR) is 74.0 cm³/mol. The smallest absolute Gasteiger partial charge is 0.0200 e. The third-order valence-electron chi connectivity index (χ3n) is 5.37. The van der Waals surface area contributed by atoms with Crippen LogP contribution in [0.1, 0.15) is 77.6 Å². The number of rotatable bonds is 3. The van der Waals surface area contributed by atoms with Crippen LogP contribution in [0.15, 0.2) is 11.1 Å². The Labute approximate surface area is 107 Å². The molecule has 3 rings (SSSR count). The van der Waals surface area contributed by atoms with Crippen LogP contribution in [0.5, 0.6) is 0 Å². The molecule has 96 valence electrons. The van der Waals surface area contributed by atoms with E-state index in [9.17, 15) is 0 Å². The first-order valence-corrected chi connectivity index (χ1v) is 8.03. The normalized spacial score (nSPS) is 35.1. The molecule has 0 unspecified atom stereocenters. The summed E-state index contributed by atoms with van der Waals surface area (Å²) in [6, 6.07) is 0. The SMILES string of the molecule is CC1CCC(CC2=C(C3CC3)CCCC2)CC1. The van der Waals surface area contributed by atoms with Crippen molar-refractivity contribution in [1.82, 2.24) is 0 Å². The lowest BCUT2D eigenvalue weighted by atomic mass is 9.77. The Hall–Kier alpha value is -0.260. The van der Waals surface area contributed by atoms with Gasteiger partial charge in [0.15, 0.2) is 0 Å². The molecule has 0 heteroatoms. The molecule has 0 N–H and O–H groups in total. The fraction of sp³-hybridized carbons (Fsp3) is 0.882. The van der Waals surface area contributed by atoms with E-state index in [0.29, 0.717) is 0 Å². The highest BCUT2D eigenvalue weighted by Crippen LogP contribution is 2.45. The van der Waals surface area contributed by atoms with Crippen LogP contribution in [0.25, 0.3) is 0 Å². The van der Waals surface area contributed by atoms with E-state index >= 15 is 0 Å². The van der Waals surface area contributed by atoms with Crippen LogP contribution < -0.4 is 0 Å². The molecule has 2 fully saturated rings. The molecule has 0 saturated heterocycles. The Balaban J connectivity index is 1.62. The Morgan fingerprint density at radius 1 is 0.882 bits per heavy atom. The van der Waals surface area contributed by atoms with Gasteiger partial charge in [0.1, 0.15) is 0 Å². The van der Waals surface area contributed by atoms with Gasteiger partial charge in [-0.3, -0.25) is 0 Å². The van der Waals surface area contributed by atoms with Crippen molar-refractivity contribution >= 4 is 0 Å². The Kier molecular flexibility index (Phi) is 3.59. The summed E-state index contributed by atoms with van der Waals surface area (Å²) in [6.45, 7) is 2.44. The monoisotopic (exact) mass is 232 g/mol. The molecule has 0 aromatic rings. The quantitative estimate of drug-likeness (QED) is 0.565. The van der Waals surface area contributed by atoms with Gasteiger partial charge < -0.3 is 0 Å². The molecule has 2 saturated carbocycles. The van der Waals surface area contributed by atoms with Crippen LogP contribution in [0.2, 0.25) is 0 Å². The Bertz CT molecular complexity index is 287. The molecule has 3 aliphatic rings. The van der Waals surface area contributed by atoms with Crippen molar-refractivity contribution < 1.29 is 0 Å². The van der Waals surface area contributed by atoms with E-state index in [4.69, 9.17) is 0 Å². The van der Waals surface area contributed by atoms with Crippen LogP contribution in [0, 0.1) is 17.8 Å². The highest BCUT2D eigenvalue weighted by Gasteiger charge is 2.30. The third kappa shape index (κ3) is 2.95. The van der Waals surface area contributed by atoms with Crippen molar-refractivity contribution in [2.45, 2.75) is 77.6 Å². The van der Waals surface area contributed by atoms with Gasteiger partial charge in [-0.1, -0.05) is 30.9 Å². The maximum absolute atomic E-state index is 2.44. The highest BCUT2D eigenvalue weighted by molar-refractivity contribution is 5.23. The number of hydrogen-bond donors (Lipinski definition) is 0. The summed E-state index contributed by atoms with van der Waals surface area (Å²) >= 11 is 0. The van der Waals surface area contributed by atoms with Crippen molar-refractivity contribution in [2.24, 2.45) is 17.8 Å². The molecule has 0 bridgehead atoms. The molecule has 0 aromatic heterocycles. The molecule has 17 heavy (non-hydrogen) atoms. The minimum atomic E-state index is 1.01. The minimum absolute atomic E-state index is 1.01. The first-order valence-electron chi connectivity index (χ1n) is 8.03. The highest BCUT2D eigenvalue weighted by atomic mass is 14.4. The Morgan fingerprint density at radius 3 is 2.29 bits per heavy atom. The average Bonchev–Trinajstić information content (AvgIpc) is 3.17. The lowest BCUT2D eigenvalue weighted by Gasteiger charge is -2.29. The summed E-state index contributed by atoms with van der Waals surface area (Å²) in [5.41, 5.74) is 3.87. The van der Waals surface area contributed by atoms with Crippen molar-refractivity contribution in [1.29, 1.82) is 0 Å². The van der Waals surface area contributed by atoms with E-state index in [-0.39, 0.29) is 0 Å². The van der Waals surface area contributed by atoms with Crippen LogP contribution in [0.4, 0.5) is 0 Å². The van der Waals surface area contributed by atoms with E-state index in [1.54, 1.807) is 0 Å². The van der Waals surface area contributed by atoms with Gasteiger partial charge in [-0.25, -0.2) is 0 Å². The van der Waals surface area contributed by atoms with Crippen molar-refractivity contribution in [3.05, 3.63) is 11.1 Å². The first kappa shape index (κ1) is 11.8. The molecule has 0 radical (unpaired) electrons. The lowest BCUT2D eigenvalue weighted by molar-refractivity contribution is 0.285. The van der Waals surface area contributed by atoms with Gasteiger partial charge in [-0.15, -0.1) is 0 Å². The molecule has 0 nitrogen and oxygen atoms in total. The molecule has 3 aliphatic carbocycles. The third-order valence-corrected chi connectivity index (χ3v) is 5.37. The van der Waals surface area contributed by atoms with Crippen LogP contribution in [-0.4, -0.2) is 0 Å². The van der Waals surface area contributed by atoms with Gasteiger partial charge in [-0.2, -0.15) is 0 Å². The van der Waals surface area contributed by atoms with Gasteiger partial charge >= 0.3 is 0 Å². The molecule has 0 heterocycles. The summed E-state index contributed by atoms with van der Waals surface area (Å²) in [7, 11) is 0. The molecule has 0 aromatic carbocycles. The van der Waals surface area contributed by atoms with Gasteiger partial charge in [-0.05, 0) is 75.5 Å². The van der Waals surface area contributed by atoms with E-state index in [1.165, 1.54) is 70.6 Å². The minimum Gasteiger partial charge on any atom is -0.0705 e. The van der Waals surface area contributed by atoms with E-state index in [0.717, 1.165) is 17.8 Å². The zero-order valence-corrected chi connectivity index (χ0v) is 11.5. The maximum Gasteiger partial charge on any atom is -0.0200 e. The van der Waals surface area contributed by atoms with Gasteiger partial charge in [0, 0.05) is 0 Å². The van der Waals surface area contributed by atoms with Crippen LogP contribution in [0.3, 0.4) is 0 Å². The summed E-state index contributed by atoms with van der Waals surface area (Å²) in [5, 5.41) is 0. The van der Waals surface area contributed by atoms with Gasteiger partial charge in [0.05, 0.1) is 0 Å². The molecule has 0 spiro atoms. The maximum atomic E-state index is 2.44. The fourth-order valence-corrected chi connectivity index (χ4v) is 4.03. The topological polar surface area (TPSA) is 0 Å². The van der Waals surface area contributed by atoms with Crippen LogP contribution in [-0.2, 0) is 0 Å². The molecule has 0 aliphatic heterocycles. The van der Waals surface area contributed by atoms with Crippen molar-refractivity contribution in [3.63, 3.8) is 0 Å². The zero-order chi connectivity index (χ0) is 11.7. The lowest BCUT2D eigenvalue weighted by Crippen LogP contribution is -2.14. The second-order valence-electron chi connectivity index (χ2n) is 6.94. The van der Waals surface area contributed by atoms with E-state index in [1.807, 2.05) is 11.1 Å². The van der Waals surface area contributed by atoms with Gasteiger partial charge in [0.2, 0.25) is 0 Å². The van der Waals surface area contributed by atoms with Crippen molar-refractivity contribution in [2.75, 3.05) is 0 Å². The summed E-state index contributed by atoms with van der Waals surface area (Å²) in [5.74, 6) is 3.11.